The van der Waals surface area contributed by atoms with Gasteiger partial charge in [0.1, 0.15) is 9.07 Å². The zero-order chi connectivity index (χ0) is 17.2. The molecule has 0 radical (unpaired) electrons. The first-order chi connectivity index (χ1) is 11.5. The highest BCUT2D eigenvalue weighted by Gasteiger charge is 2.50. The van der Waals surface area contributed by atoms with Gasteiger partial charge in [-0.05, 0) is 31.5 Å². The van der Waals surface area contributed by atoms with Crippen molar-refractivity contribution in [1.29, 1.82) is 0 Å². The van der Waals surface area contributed by atoms with Crippen molar-refractivity contribution in [2.75, 3.05) is 0 Å². The van der Waals surface area contributed by atoms with Crippen LogP contribution in [0.1, 0.15) is 25.0 Å². The fourth-order valence-electron chi connectivity index (χ4n) is 2.86. The first-order valence-corrected chi connectivity index (χ1v) is 8.94. The van der Waals surface area contributed by atoms with Gasteiger partial charge < -0.3 is 5.21 Å². The molecule has 4 nitrogen and oxygen atoms in total. The molecule has 0 N–H and O–H groups in total. The minimum Gasteiger partial charge on any atom is -0.622 e. The fraction of sp³-hybridized carbons (Fsp3) is 0.278. The molecule has 0 aliphatic carbocycles. The predicted octanol–water partition coefficient (Wildman–Crippen LogP) is 3.65. The van der Waals surface area contributed by atoms with Gasteiger partial charge in [0.25, 0.3) is 6.17 Å². The van der Waals surface area contributed by atoms with Crippen molar-refractivity contribution >= 4 is 34.5 Å². The number of nitrogens with zero attached hydrogens (tertiary/aromatic N) is 3. The lowest BCUT2D eigenvalue weighted by Gasteiger charge is -2.29. The van der Waals surface area contributed by atoms with Crippen LogP contribution >= 0.6 is 24.0 Å². The van der Waals surface area contributed by atoms with Crippen LogP contribution in [0.25, 0.3) is 0 Å². The summed E-state index contributed by atoms with van der Waals surface area (Å²) >= 11 is 7.12. The largest absolute Gasteiger partial charge is 0.622 e. The standard InChI is InChI=1S/C18H19N3OS2/c1-18(2)16(21(22)13-15-9-6-10-19-11-15)20(17(23)24-18)12-14-7-4-3-5-8-14/h3-11,13,16H,12H2,1-2H3/b21-13-/t16-/m0/s1. The van der Waals surface area contributed by atoms with Crippen molar-refractivity contribution in [3.05, 3.63) is 71.2 Å². The SMILES string of the molecule is CC1(C)SC(=S)N(Cc2ccccc2)[C@H]1/[N+]([O-])=C/c1cccnc1. The summed E-state index contributed by atoms with van der Waals surface area (Å²) in [5.74, 6) is 0. The number of thioether (sulfide) groups is 1. The van der Waals surface area contributed by atoms with Crippen molar-refractivity contribution in [2.45, 2.75) is 31.3 Å². The summed E-state index contributed by atoms with van der Waals surface area (Å²) in [5, 5.41) is 12.9. The Bertz CT molecular complexity index is 747. The van der Waals surface area contributed by atoms with Crippen LogP contribution in [0, 0.1) is 5.21 Å². The molecule has 0 spiro atoms. The van der Waals surface area contributed by atoms with Gasteiger partial charge in [-0.3, -0.25) is 9.88 Å². The van der Waals surface area contributed by atoms with Crippen LogP contribution < -0.4 is 0 Å². The van der Waals surface area contributed by atoms with Crippen molar-refractivity contribution < 1.29 is 4.74 Å². The molecule has 6 heteroatoms. The highest BCUT2D eigenvalue weighted by Crippen LogP contribution is 2.42. The summed E-state index contributed by atoms with van der Waals surface area (Å²) < 4.78 is 1.47. The number of thiocarbonyl (C=S) groups is 1. The second kappa shape index (κ2) is 6.91. The van der Waals surface area contributed by atoms with E-state index in [9.17, 15) is 5.21 Å². The topological polar surface area (TPSA) is 42.2 Å². The molecule has 0 saturated carbocycles. The summed E-state index contributed by atoms with van der Waals surface area (Å²) in [5.41, 5.74) is 1.92. The number of pyridine rings is 1. The van der Waals surface area contributed by atoms with Crippen molar-refractivity contribution in [3.8, 4) is 0 Å². The molecule has 1 aromatic carbocycles. The van der Waals surface area contributed by atoms with Crippen LogP contribution in [0.5, 0.6) is 0 Å². The second-order valence-electron chi connectivity index (χ2n) is 6.23. The van der Waals surface area contributed by atoms with E-state index in [1.807, 2.05) is 35.2 Å². The molecule has 0 amide bonds. The summed E-state index contributed by atoms with van der Waals surface area (Å²) in [4.78, 5) is 6.07. The third-order valence-electron chi connectivity index (χ3n) is 3.90. The minimum atomic E-state index is -0.365. The van der Waals surface area contributed by atoms with E-state index in [1.165, 1.54) is 0 Å². The molecule has 3 rings (SSSR count). The van der Waals surface area contributed by atoms with E-state index in [-0.39, 0.29) is 10.9 Å². The molecule has 2 aromatic rings. The molecule has 1 aliphatic heterocycles. The van der Waals surface area contributed by atoms with Crippen LogP contribution in [-0.4, -0.2) is 36.1 Å². The maximum absolute atomic E-state index is 12.9. The fourth-order valence-corrected chi connectivity index (χ4v) is 4.73. The van der Waals surface area contributed by atoms with E-state index < -0.39 is 0 Å². The van der Waals surface area contributed by atoms with Gasteiger partial charge in [-0.25, -0.2) is 0 Å². The molecule has 24 heavy (non-hydrogen) atoms. The van der Waals surface area contributed by atoms with Crippen LogP contribution in [0.4, 0.5) is 0 Å². The zero-order valence-electron chi connectivity index (χ0n) is 13.6. The van der Waals surface area contributed by atoms with Crippen LogP contribution in [0.15, 0.2) is 54.9 Å². The third kappa shape index (κ3) is 3.60. The summed E-state index contributed by atoms with van der Waals surface area (Å²) in [7, 11) is 0. The van der Waals surface area contributed by atoms with Crippen molar-refractivity contribution in [2.24, 2.45) is 0 Å². The number of rotatable bonds is 4. The second-order valence-corrected chi connectivity index (χ2v) is 8.52. The Hall–Kier alpha value is -1.92. The van der Waals surface area contributed by atoms with Gasteiger partial charge >= 0.3 is 0 Å². The van der Waals surface area contributed by atoms with Gasteiger partial charge in [-0.2, -0.15) is 4.74 Å². The predicted molar refractivity (Wildman–Crippen MR) is 103 cm³/mol. The van der Waals surface area contributed by atoms with Gasteiger partial charge in [0.2, 0.25) is 0 Å². The van der Waals surface area contributed by atoms with Gasteiger partial charge in [-0.1, -0.05) is 54.3 Å². The lowest BCUT2D eigenvalue weighted by atomic mass is 10.1. The van der Waals surface area contributed by atoms with Crippen molar-refractivity contribution in [1.82, 2.24) is 9.88 Å². The monoisotopic (exact) mass is 357 g/mol. The quantitative estimate of drug-likeness (QED) is 0.275. The molecule has 2 heterocycles. The Morgan fingerprint density at radius 2 is 2.04 bits per heavy atom. The molecule has 124 valence electrons. The molecule has 1 fully saturated rings. The first kappa shape index (κ1) is 16.9. The van der Waals surface area contributed by atoms with E-state index in [0.29, 0.717) is 6.54 Å². The van der Waals surface area contributed by atoms with Crippen LogP contribution in [0.3, 0.4) is 0 Å². The number of hydroxylamine groups is 1. The molecule has 0 unspecified atom stereocenters. The molecular formula is C18H19N3OS2. The Kier molecular flexibility index (Phi) is 4.87. The molecule has 0 bridgehead atoms. The molecule has 1 aromatic heterocycles. The van der Waals surface area contributed by atoms with E-state index in [4.69, 9.17) is 12.2 Å². The first-order valence-electron chi connectivity index (χ1n) is 7.71. The lowest BCUT2D eigenvalue weighted by molar-refractivity contribution is -0.524. The maximum Gasteiger partial charge on any atom is 0.254 e. The molecule has 1 saturated heterocycles. The van der Waals surface area contributed by atoms with E-state index in [0.717, 1.165) is 20.2 Å². The Morgan fingerprint density at radius 3 is 2.71 bits per heavy atom. The van der Waals surface area contributed by atoms with Gasteiger partial charge in [0.05, 0.1) is 12.1 Å². The molecule has 1 atom stereocenters. The van der Waals surface area contributed by atoms with Crippen LogP contribution in [-0.2, 0) is 6.54 Å². The normalized spacial score (nSPS) is 20.4. The maximum atomic E-state index is 12.9. The lowest BCUT2D eigenvalue weighted by Crippen LogP contribution is -2.47. The number of aromatic nitrogens is 1. The summed E-state index contributed by atoms with van der Waals surface area (Å²) in [6.07, 6.45) is 4.60. The summed E-state index contributed by atoms with van der Waals surface area (Å²) in [6.45, 7) is 4.74. The third-order valence-corrected chi connectivity index (χ3v) is 5.53. The summed E-state index contributed by atoms with van der Waals surface area (Å²) in [6, 6.07) is 13.8. The average Bonchev–Trinajstić information content (AvgIpc) is 2.78. The Labute approximate surface area is 151 Å². The van der Waals surface area contributed by atoms with Gasteiger partial charge in [0, 0.05) is 12.4 Å². The number of hydrogen-bond acceptors (Lipinski definition) is 4. The minimum absolute atomic E-state index is 0.299. The van der Waals surface area contributed by atoms with E-state index in [2.05, 4.69) is 31.0 Å². The average molecular weight is 358 g/mol. The van der Waals surface area contributed by atoms with E-state index in [1.54, 1.807) is 30.4 Å². The van der Waals surface area contributed by atoms with E-state index >= 15 is 0 Å². The number of benzene rings is 1. The van der Waals surface area contributed by atoms with Gasteiger partial charge in [0.15, 0.2) is 6.21 Å². The zero-order valence-corrected chi connectivity index (χ0v) is 15.3. The highest BCUT2D eigenvalue weighted by molar-refractivity contribution is 8.24. The Balaban J connectivity index is 1.92. The van der Waals surface area contributed by atoms with Crippen LogP contribution in [0.2, 0.25) is 0 Å². The van der Waals surface area contributed by atoms with Crippen molar-refractivity contribution in [3.63, 3.8) is 0 Å². The smallest absolute Gasteiger partial charge is 0.254 e. The number of hydrogen-bond donors (Lipinski definition) is 0. The van der Waals surface area contributed by atoms with Gasteiger partial charge in [-0.15, -0.1) is 0 Å². The molecular weight excluding hydrogens is 338 g/mol. The Morgan fingerprint density at radius 1 is 1.29 bits per heavy atom. The molecule has 1 aliphatic rings. The highest BCUT2D eigenvalue weighted by atomic mass is 32.2.